The third kappa shape index (κ3) is 5.34. The van der Waals surface area contributed by atoms with Crippen LogP contribution in [0.1, 0.15) is 45.7 Å². The number of anilines is 1. The fourth-order valence-corrected chi connectivity index (χ4v) is 3.25. The van der Waals surface area contributed by atoms with Gasteiger partial charge in [-0.15, -0.1) is 0 Å². The highest BCUT2D eigenvalue weighted by molar-refractivity contribution is 6.34. The first-order valence-electron chi connectivity index (χ1n) is 9.97. The number of amides is 1. The fourth-order valence-electron chi connectivity index (χ4n) is 3.04. The lowest BCUT2D eigenvalue weighted by atomic mass is 9.99. The summed E-state index contributed by atoms with van der Waals surface area (Å²) in [4.78, 5) is 38.0. The number of carbonyl (C=O) groups is 3. The Morgan fingerprint density at radius 2 is 1.59 bits per heavy atom. The van der Waals surface area contributed by atoms with Crippen LogP contribution >= 0.6 is 11.6 Å². The number of nitrogens with one attached hydrogen (secondary N) is 1. The van der Waals surface area contributed by atoms with Crippen molar-refractivity contribution in [2.45, 2.75) is 19.4 Å². The summed E-state index contributed by atoms with van der Waals surface area (Å²) in [5.41, 5.74) is 1.30. The summed E-state index contributed by atoms with van der Waals surface area (Å²) >= 11 is 6.27. The van der Waals surface area contributed by atoms with Gasteiger partial charge in [-0.3, -0.25) is 9.59 Å². The van der Waals surface area contributed by atoms with Crippen molar-refractivity contribution in [3.05, 3.63) is 94.5 Å². The van der Waals surface area contributed by atoms with Crippen LogP contribution in [-0.4, -0.2) is 24.8 Å². The summed E-state index contributed by atoms with van der Waals surface area (Å²) in [6.07, 6.45) is -0.892. The van der Waals surface area contributed by atoms with Crippen LogP contribution in [0, 0.1) is 0 Å². The zero-order valence-corrected chi connectivity index (χ0v) is 18.4. The Morgan fingerprint density at radius 1 is 0.969 bits per heavy atom. The van der Waals surface area contributed by atoms with E-state index in [0.29, 0.717) is 16.8 Å². The highest BCUT2D eigenvalue weighted by atomic mass is 35.5. The smallest absolute Gasteiger partial charge is 0.343 e. The van der Waals surface area contributed by atoms with E-state index in [2.05, 4.69) is 5.32 Å². The minimum atomic E-state index is -1.16. The summed E-state index contributed by atoms with van der Waals surface area (Å²) in [6, 6.07) is 20.2. The van der Waals surface area contributed by atoms with Crippen LogP contribution in [0.2, 0.25) is 5.02 Å². The van der Waals surface area contributed by atoms with Crippen molar-refractivity contribution in [3.63, 3.8) is 0 Å². The molecule has 0 heterocycles. The van der Waals surface area contributed by atoms with E-state index in [1.54, 1.807) is 61.5 Å². The molecule has 3 rings (SSSR count). The number of rotatable bonds is 8. The maximum Gasteiger partial charge on any atom is 0.343 e. The molecule has 3 aromatic rings. The van der Waals surface area contributed by atoms with Crippen molar-refractivity contribution >= 4 is 34.9 Å². The second-order valence-corrected chi connectivity index (χ2v) is 7.27. The molecular weight excluding hydrogens is 430 g/mol. The highest BCUT2D eigenvalue weighted by Gasteiger charge is 2.28. The number of ketones is 1. The molecule has 3 aromatic carbocycles. The largest absolute Gasteiger partial charge is 0.496 e. The van der Waals surface area contributed by atoms with Gasteiger partial charge < -0.3 is 14.8 Å². The number of benzene rings is 3. The zero-order chi connectivity index (χ0) is 23.1. The number of Topliss-reactive ketones (excluding diaryl/α,β-unsaturated/α-hetero) is 1. The maximum atomic E-state index is 13.2. The average Bonchev–Trinajstić information content (AvgIpc) is 2.83. The summed E-state index contributed by atoms with van der Waals surface area (Å²) in [6.45, 7) is 1.71. The van der Waals surface area contributed by atoms with Gasteiger partial charge in [-0.05, 0) is 6.07 Å². The Morgan fingerprint density at radius 3 is 2.19 bits per heavy atom. The minimum Gasteiger partial charge on any atom is -0.496 e. The third-order valence-electron chi connectivity index (χ3n) is 4.73. The van der Waals surface area contributed by atoms with E-state index in [9.17, 15) is 14.4 Å². The van der Waals surface area contributed by atoms with Gasteiger partial charge in [-0.1, -0.05) is 79.2 Å². The van der Waals surface area contributed by atoms with Crippen molar-refractivity contribution in [1.29, 1.82) is 0 Å². The summed E-state index contributed by atoms with van der Waals surface area (Å²) in [7, 11) is 1.38. The van der Waals surface area contributed by atoms with E-state index >= 15 is 0 Å². The van der Waals surface area contributed by atoms with E-state index < -0.39 is 12.1 Å². The van der Waals surface area contributed by atoms with Crippen LogP contribution in [0.15, 0.2) is 72.8 Å². The maximum absolute atomic E-state index is 13.2. The Bertz CT molecular complexity index is 1120. The Kier molecular flexibility index (Phi) is 7.63. The summed E-state index contributed by atoms with van der Waals surface area (Å²) < 4.78 is 11.0. The lowest BCUT2D eigenvalue weighted by Gasteiger charge is -2.19. The first-order valence-corrected chi connectivity index (χ1v) is 10.3. The molecule has 0 radical (unpaired) electrons. The number of esters is 1. The van der Waals surface area contributed by atoms with Crippen molar-refractivity contribution in [2.75, 3.05) is 12.4 Å². The van der Waals surface area contributed by atoms with Gasteiger partial charge in [0.2, 0.25) is 11.7 Å². The quantitative estimate of drug-likeness (QED) is 0.362. The van der Waals surface area contributed by atoms with E-state index in [4.69, 9.17) is 21.1 Å². The molecule has 0 spiro atoms. The average molecular weight is 452 g/mol. The lowest BCUT2D eigenvalue weighted by Crippen LogP contribution is -2.21. The molecular formula is C25H22ClNO5. The van der Waals surface area contributed by atoms with Crippen LogP contribution in [0.4, 0.5) is 5.69 Å². The van der Waals surface area contributed by atoms with E-state index in [0.717, 1.165) is 0 Å². The number of hydrogen-bond acceptors (Lipinski definition) is 5. The first-order chi connectivity index (χ1) is 15.4. The van der Waals surface area contributed by atoms with Crippen molar-refractivity contribution < 1.29 is 23.9 Å². The molecule has 0 saturated heterocycles. The summed E-state index contributed by atoms with van der Waals surface area (Å²) in [5, 5.41) is 2.79. The number of halogens is 1. The van der Waals surface area contributed by atoms with Crippen LogP contribution in [0.25, 0.3) is 0 Å². The second-order valence-electron chi connectivity index (χ2n) is 6.86. The molecule has 164 valence electrons. The SMILES string of the molecule is CCC(=O)Nc1cc(OC)c(C(=O)O[C@@H](C(=O)c2ccccc2)c2ccccc2)cc1Cl. The van der Waals surface area contributed by atoms with Crippen LogP contribution < -0.4 is 10.1 Å². The van der Waals surface area contributed by atoms with Crippen LogP contribution in [0.5, 0.6) is 5.75 Å². The predicted octanol–water partition coefficient (Wildman–Crippen LogP) is 5.48. The Labute approximate surface area is 191 Å². The molecule has 0 aliphatic rings. The van der Waals surface area contributed by atoms with Gasteiger partial charge >= 0.3 is 5.97 Å². The molecule has 32 heavy (non-hydrogen) atoms. The van der Waals surface area contributed by atoms with Crippen molar-refractivity contribution in [2.24, 2.45) is 0 Å². The topological polar surface area (TPSA) is 81.7 Å². The first kappa shape index (κ1) is 23.0. The Balaban J connectivity index is 1.95. The van der Waals surface area contributed by atoms with E-state index in [1.165, 1.54) is 19.2 Å². The monoisotopic (exact) mass is 451 g/mol. The molecule has 1 atom stereocenters. The molecule has 1 amide bonds. The van der Waals surface area contributed by atoms with Crippen LogP contribution in [0.3, 0.4) is 0 Å². The minimum absolute atomic E-state index is 0.0359. The van der Waals surface area contributed by atoms with Gasteiger partial charge in [0.05, 0.1) is 17.8 Å². The molecule has 7 heteroatoms. The lowest BCUT2D eigenvalue weighted by molar-refractivity contribution is -0.115. The molecule has 0 aromatic heterocycles. The molecule has 0 bridgehead atoms. The number of hydrogen-bond donors (Lipinski definition) is 1. The normalized spacial score (nSPS) is 11.3. The Hall–Kier alpha value is -3.64. The third-order valence-corrected chi connectivity index (χ3v) is 5.04. The predicted molar refractivity (Wildman–Crippen MR) is 122 cm³/mol. The van der Waals surface area contributed by atoms with Gasteiger partial charge in [-0.2, -0.15) is 0 Å². The standard InChI is InChI=1S/C25H22ClNO5/c1-3-22(28)27-20-15-21(31-2)18(14-19(20)26)25(30)32-24(17-12-8-5-9-13-17)23(29)16-10-6-4-7-11-16/h4-15,24H,3H2,1-2H3,(H,27,28)/t24-/m1/s1. The van der Waals surface area contributed by atoms with Crippen molar-refractivity contribution in [1.82, 2.24) is 0 Å². The van der Waals surface area contributed by atoms with Crippen molar-refractivity contribution in [3.8, 4) is 5.75 Å². The molecule has 1 N–H and O–H groups in total. The number of carbonyl (C=O) groups excluding carboxylic acids is 3. The number of methoxy groups -OCH3 is 1. The summed E-state index contributed by atoms with van der Waals surface area (Å²) in [5.74, 6) is -1.22. The van der Waals surface area contributed by atoms with Gasteiger partial charge in [0.15, 0.2) is 6.10 Å². The van der Waals surface area contributed by atoms with Gasteiger partial charge in [0.1, 0.15) is 11.3 Å². The fraction of sp³-hybridized carbons (Fsp3) is 0.160. The van der Waals surface area contributed by atoms with Crippen LogP contribution in [-0.2, 0) is 9.53 Å². The zero-order valence-electron chi connectivity index (χ0n) is 17.6. The second kappa shape index (κ2) is 10.6. The van der Waals surface area contributed by atoms with Gasteiger partial charge in [-0.25, -0.2) is 4.79 Å². The van der Waals surface area contributed by atoms with E-state index in [1.807, 2.05) is 6.07 Å². The molecule has 0 fully saturated rings. The highest BCUT2D eigenvalue weighted by Crippen LogP contribution is 2.33. The van der Waals surface area contributed by atoms with Gasteiger partial charge in [0.25, 0.3) is 0 Å². The molecule has 6 nitrogen and oxygen atoms in total. The molecule has 0 unspecified atom stereocenters. The molecule has 0 saturated carbocycles. The van der Waals surface area contributed by atoms with Gasteiger partial charge in [0, 0.05) is 23.6 Å². The molecule has 0 aliphatic carbocycles. The van der Waals surface area contributed by atoms with E-state index in [-0.39, 0.29) is 34.4 Å². The number of ether oxygens (including phenoxy) is 2. The molecule has 0 aliphatic heterocycles.